The number of carbonyl (C=O) groups is 1. The second-order valence-electron chi connectivity index (χ2n) is 7.91. The van der Waals surface area contributed by atoms with Crippen LogP contribution in [0.15, 0.2) is 47.4 Å². The van der Waals surface area contributed by atoms with Crippen molar-refractivity contribution in [2.24, 2.45) is 0 Å². The number of benzene rings is 2. The summed E-state index contributed by atoms with van der Waals surface area (Å²) in [4.78, 5) is 16.2. The Morgan fingerprint density at radius 1 is 1.06 bits per heavy atom. The Morgan fingerprint density at radius 3 is 2.59 bits per heavy atom. The first-order valence-corrected chi connectivity index (χ1v) is 11.6. The molecule has 4 rings (SSSR count). The normalized spacial score (nSPS) is 19.6. The Bertz CT molecular complexity index is 1140. The number of anilines is 1. The molecule has 0 saturated carbocycles. The first-order chi connectivity index (χ1) is 15.0. The van der Waals surface area contributed by atoms with Gasteiger partial charge in [-0.1, -0.05) is 6.07 Å². The number of nitrogens with one attached hydrogen (secondary N) is 1. The minimum atomic E-state index is -4.73. The smallest absolute Gasteiger partial charge is 0.336 e. The fourth-order valence-electron chi connectivity index (χ4n) is 4.14. The second-order valence-corrected chi connectivity index (χ2v) is 9.59. The monoisotopic (exact) mass is 471 g/mol. The van der Waals surface area contributed by atoms with Crippen molar-refractivity contribution in [3.63, 3.8) is 0 Å². The van der Waals surface area contributed by atoms with E-state index in [0.717, 1.165) is 56.3 Å². The summed E-state index contributed by atoms with van der Waals surface area (Å²) in [6.07, 6.45) is -2.66. The van der Waals surface area contributed by atoms with Gasteiger partial charge in [0.05, 0.1) is 16.1 Å². The average molecular weight is 471 g/mol. The van der Waals surface area contributed by atoms with E-state index in [2.05, 4.69) is 4.90 Å². The number of halogens is 4. The number of alkyl halides is 3. The third kappa shape index (κ3) is 4.58. The van der Waals surface area contributed by atoms with Crippen molar-refractivity contribution in [2.75, 3.05) is 30.9 Å². The second kappa shape index (κ2) is 8.36. The summed E-state index contributed by atoms with van der Waals surface area (Å²) in [7, 11) is -4.52. The highest BCUT2D eigenvalue weighted by atomic mass is 32.2. The zero-order valence-corrected chi connectivity index (χ0v) is 17.7. The lowest BCUT2D eigenvalue weighted by molar-refractivity contribution is -0.137. The molecule has 0 radical (unpaired) electrons. The predicted molar refractivity (Wildman–Crippen MR) is 109 cm³/mol. The van der Waals surface area contributed by atoms with Crippen LogP contribution in [0.1, 0.15) is 28.8 Å². The van der Waals surface area contributed by atoms with Crippen LogP contribution in [0.5, 0.6) is 0 Å². The van der Waals surface area contributed by atoms with Gasteiger partial charge in [0, 0.05) is 31.2 Å². The number of piperazine rings is 1. The minimum absolute atomic E-state index is 0.0968. The Morgan fingerprint density at radius 2 is 1.84 bits per heavy atom. The molecule has 0 aliphatic carbocycles. The molecule has 2 heterocycles. The Balaban J connectivity index is 1.56. The highest BCUT2D eigenvalue weighted by molar-refractivity contribution is 7.92. The van der Waals surface area contributed by atoms with E-state index < -0.39 is 38.2 Å². The van der Waals surface area contributed by atoms with Gasteiger partial charge in [0.15, 0.2) is 0 Å². The van der Waals surface area contributed by atoms with E-state index in [-0.39, 0.29) is 17.5 Å². The number of hydrogen-bond acceptors (Lipinski definition) is 4. The third-order valence-corrected chi connectivity index (χ3v) is 7.17. The van der Waals surface area contributed by atoms with Gasteiger partial charge in [0.2, 0.25) is 0 Å². The van der Waals surface area contributed by atoms with Crippen molar-refractivity contribution in [3.8, 4) is 0 Å². The number of sulfonamides is 1. The van der Waals surface area contributed by atoms with E-state index >= 15 is 0 Å². The van der Waals surface area contributed by atoms with Crippen LogP contribution in [0.25, 0.3) is 0 Å². The highest BCUT2D eigenvalue weighted by Gasteiger charge is 2.34. The molecule has 172 valence electrons. The van der Waals surface area contributed by atoms with Crippen LogP contribution < -0.4 is 4.72 Å². The summed E-state index contributed by atoms with van der Waals surface area (Å²) in [5, 5.41) is 0. The molecule has 11 heteroatoms. The summed E-state index contributed by atoms with van der Waals surface area (Å²) in [6.45, 7) is 2.80. The van der Waals surface area contributed by atoms with E-state index in [9.17, 15) is 30.8 Å². The Hall–Kier alpha value is -2.66. The lowest BCUT2D eigenvalue weighted by atomic mass is 10.1. The zero-order valence-electron chi connectivity index (χ0n) is 16.9. The summed E-state index contributed by atoms with van der Waals surface area (Å²) >= 11 is 0. The van der Waals surface area contributed by atoms with Crippen LogP contribution in [-0.2, 0) is 16.2 Å². The molecule has 2 fully saturated rings. The van der Waals surface area contributed by atoms with Crippen molar-refractivity contribution >= 4 is 21.6 Å². The Kier molecular flexibility index (Phi) is 5.89. The molecule has 2 aromatic carbocycles. The molecule has 2 aromatic rings. The number of rotatable bonds is 4. The molecule has 2 aliphatic rings. The van der Waals surface area contributed by atoms with E-state index in [0.29, 0.717) is 19.2 Å². The van der Waals surface area contributed by atoms with Crippen molar-refractivity contribution in [1.29, 1.82) is 0 Å². The molecule has 2 aliphatic heterocycles. The SMILES string of the molecule is O=C(c1ccc(F)c(NS(=O)(=O)c2cccc(C(F)(F)F)c2)c1)N1CCN2CCC[C@@H]2C1. The molecule has 1 N–H and O–H groups in total. The van der Waals surface area contributed by atoms with Gasteiger partial charge >= 0.3 is 6.18 Å². The predicted octanol–water partition coefficient (Wildman–Crippen LogP) is 3.57. The standard InChI is InChI=1S/C21H21F4N3O3S/c22-18-7-6-14(20(29)28-10-9-27-8-2-4-16(27)13-28)11-19(18)26-32(30,31)17-5-1-3-15(12-17)21(23,24)25/h1,3,5-7,11-12,16,26H,2,4,8-10,13H2/t16-/m1/s1. The quantitative estimate of drug-likeness (QED) is 0.693. The lowest BCUT2D eigenvalue weighted by Gasteiger charge is -2.37. The fourth-order valence-corrected chi connectivity index (χ4v) is 5.24. The van der Waals surface area contributed by atoms with Gasteiger partial charge in [-0.05, 0) is 55.8 Å². The molecule has 0 unspecified atom stereocenters. The third-order valence-electron chi connectivity index (χ3n) is 5.80. The number of nitrogens with zero attached hydrogens (tertiary/aromatic N) is 2. The van der Waals surface area contributed by atoms with Gasteiger partial charge in [0.25, 0.3) is 15.9 Å². The van der Waals surface area contributed by atoms with Gasteiger partial charge < -0.3 is 4.90 Å². The Labute approximate surface area is 182 Å². The largest absolute Gasteiger partial charge is 0.416 e. The molecule has 0 spiro atoms. The fraction of sp³-hybridized carbons (Fsp3) is 0.381. The van der Waals surface area contributed by atoms with Crippen LogP contribution in [0.3, 0.4) is 0 Å². The maximum absolute atomic E-state index is 14.3. The molecule has 2 saturated heterocycles. The first kappa shape index (κ1) is 22.5. The van der Waals surface area contributed by atoms with Crippen molar-refractivity contribution in [3.05, 3.63) is 59.4 Å². The molecule has 0 bridgehead atoms. The number of hydrogen-bond donors (Lipinski definition) is 1. The van der Waals surface area contributed by atoms with Crippen LogP contribution in [0.2, 0.25) is 0 Å². The van der Waals surface area contributed by atoms with Crippen molar-refractivity contribution < 1.29 is 30.8 Å². The summed E-state index contributed by atoms with van der Waals surface area (Å²) in [5.41, 5.74) is -1.55. The zero-order chi connectivity index (χ0) is 23.1. The van der Waals surface area contributed by atoms with E-state index in [1.807, 2.05) is 4.72 Å². The summed E-state index contributed by atoms with van der Waals surface area (Å²) in [5.74, 6) is -1.30. The van der Waals surface area contributed by atoms with Gasteiger partial charge in [-0.2, -0.15) is 13.2 Å². The highest BCUT2D eigenvalue weighted by Crippen LogP contribution is 2.31. The van der Waals surface area contributed by atoms with Crippen LogP contribution in [0, 0.1) is 5.82 Å². The first-order valence-electron chi connectivity index (χ1n) is 10.1. The van der Waals surface area contributed by atoms with Crippen molar-refractivity contribution in [2.45, 2.75) is 30.0 Å². The summed E-state index contributed by atoms with van der Waals surface area (Å²) < 4.78 is 80.3. The number of fused-ring (bicyclic) bond motifs is 1. The van der Waals surface area contributed by atoms with E-state index in [4.69, 9.17) is 0 Å². The molecule has 1 atom stereocenters. The van der Waals surface area contributed by atoms with Gasteiger partial charge in [0.1, 0.15) is 5.82 Å². The summed E-state index contributed by atoms with van der Waals surface area (Å²) in [6, 6.07) is 6.72. The maximum Gasteiger partial charge on any atom is 0.416 e. The number of carbonyl (C=O) groups excluding carboxylic acids is 1. The molecule has 6 nitrogen and oxygen atoms in total. The van der Waals surface area contributed by atoms with Crippen LogP contribution in [0.4, 0.5) is 23.2 Å². The van der Waals surface area contributed by atoms with Crippen molar-refractivity contribution in [1.82, 2.24) is 9.80 Å². The van der Waals surface area contributed by atoms with Crippen LogP contribution >= 0.6 is 0 Å². The maximum atomic E-state index is 14.3. The van der Waals surface area contributed by atoms with Gasteiger partial charge in [-0.15, -0.1) is 0 Å². The van der Waals surface area contributed by atoms with Crippen LogP contribution in [-0.4, -0.2) is 56.3 Å². The van der Waals surface area contributed by atoms with Gasteiger partial charge in [-0.25, -0.2) is 12.8 Å². The number of amides is 1. The minimum Gasteiger partial charge on any atom is -0.336 e. The van der Waals surface area contributed by atoms with E-state index in [1.54, 1.807) is 4.90 Å². The van der Waals surface area contributed by atoms with E-state index in [1.165, 1.54) is 6.07 Å². The lowest BCUT2D eigenvalue weighted by Crippen LogP contribution is -2.52. The average Bonchev–Trinajstić information content (AvgIpc) is 3.22. The van der Waals surface area contributed by atoms with Gasteiger partial charge in [-0.3, -0.25) is 14.4 Å². The molecular weight excluding hydrogens is 450 g/mol. The molecule has 32 heavy (non-hydrogen) atoms. The molecule has 1 amide bonds. The molecule has 0 aromatic heterocycles. The molecular formula is C21H21F4N3O3S. The topological polar surface area (TPSA) is 69.7 Å².